The van der Waals surface area contributed by atoms with Crippen molar-refractivity contribution in [2.45, 2.75) is 39.0 Å². The van der Waals surface area contributed by atoms with Crippen LogP contribution in [0.2, 0.25) is 10.0 Å². The lowest BCUT2D eigenvalue weighted by atomic mass is 9.78. The van der Waals surface area contributed by atoms with Gasteiger partial charge >= 0.3 is 5.97 Å². The highest BCUT2D eigenvalue weighted by Gasteiger charge is 2.32. The zero-order valence-electron chi connectivity index (χ0n) is 16.9. The van der Waals surface area contributed by atoms with Crippen molar-refractivity contribution in [3.63, 3.8) is 0 Å². The van der Waals surface area contributed by atoms with Gasteiger partial charge in [0.15, 0.2) is 5.75 Å². The van der Waals surface area contributed by atoms with Gasteiger partial charge in [-0.2, -0.15) is 0 Å². The summed E-state index contributed by atoms with van der Waals surface area (Å²) in [5.74, 6) is 0.462. The summed E-state index contributed by atoms with van der Waals surface area (Å²) in [6.45, 7) is 3.11. The minimum absolute atomic E-state index is 0.233. The molecule has 0 bridgehead atoms. The molecular formula is C23H21Cl2NO4. The molecule has 0 amide bonds. The lowest BCUT2D eigenvalue weighted by molar-refractivity contribution is -0.131. The summed E-state index contributed by atoms with van der Waals surface area (Å²) in [7, 11) is 1.57. The molecule has 1 saturated carbocycles. The number of carbonyl (C=O) groups is 2. The molecule has 1 aliphatic carbocycles. The largest absolute Gasteiger partial charge is 0.495 e. The maximum absolute atomic E-state index is 13.4. The van der Waals surface area contributed by atoms with Crippen LogP contribution in [0.25, 0.3) is 10.9 Å². The van der Waals surface area contributed by atoms with Crippen molar-refractivity contribution >= 4 is 46.0 Å². The molecule has 0 aliphatic heterocycles. The van der Waals surface area contributed by atoms with Crippen LogP contribution in [0.3, 0.4) is 0 Å². The molecule has 5 nitrogen and oxygen atoms in total. The smallest absolute Gasteiger partial charge is 0.308 e. The summed E-state index contributed by atoms with van der Waals surface area (Å²) >= 11 is 12.5. The SMILES string of the molecule is COc1c(Cl)cc2c(c(OC(C)=O)c(C)n2C(=O)c2ccc(Cl)cc2)c1C1CCC1. The molecule has 3 aromatic rings. The fourth-order valence-electron chi connectivity index (χ4n) is 4.06. The fraction of sp³-hybridized carbons (Fsp3) is 0.304. The molecule has 1 fully saturated rings. The average Bonchev–Trinajstić information content (AvgIpc) is 2.91. The van der Waals surface area contributed by atoms with Crippen LogP contribution in [0.5, 0.6) is 11.5 Å². The number of fused-ring (bicyclic) bond motifs is 1. The number of hydrogen-bond acceptors (Lipinski definition) is 4. The number of esters is 1. The van der Waals surface area contributed by atoms with Gasteiger partial charge in [0.2, 0.25) is 0 Å². The highest BCUT2D eigenvalue weighted by atomic mass is 35.5. The van der Waals surface area contributed by atoms with Gasteiger partial charge in [-0.1, -0.05) is 29.6 Å². The molecule has 0 radical (unpaired) electrons. The summed E-state index contributed by atoms with van der Waals surface area (Å²) in [5, 5.41) is 1.67. The summed E-state index contributed by atoms with van der Waals surface area (Å²) in [6.07, 6.45) is 3.08. The van der Waals surface area contributed by atoms with E-state index in [2.05, 4.69) is 0 Å². The van der Waals surface area contributed by atoms with Crippen LogP contribution < -0.4 is 9.47 Å². The maximum atomic E-state index is 13.4. The Labute approximate surface area is 184 Å². The van der Waals surface area contributed by atoms with Gasteiger partial charge in [0.25, 0.3) is 5.91 Å². The molecule has 156 valence electrons. The normalized spacial score (nSPS) is 13.9. The highest BCUT2D eigenvalue weighted by molar-refractivity contribution is 6.33. The third-order valence-electron chi connectivity index (χ3n) is 5.64. The molecule has 0 spiro atoms. The lowest BCUT2D eigenvalue weighted by Crippen LogP contribution is -2.14. The number of ether oxygens (including phenoxy) is 2. The van der Waals surface area contributed by atoms with Crippen molar-refractivity contribution in [2.75, 3.05) is 7.11 Å². The average molecular weight is 446 g/mol. The maximum Gasteiger partial charge on any atom is 0.308 e. The molecule has 1 aliphatic rings. The van der Waals surface area contributed by atoms with Crippen molar-refractivity contribution in [1.82, 2.24) is 4.57 Å². The van der Waals surface area contributed by atoms with E-state index in [1.54, 1.807) is 48.9 Å². The van der Waals surface area contributed by atoms with Gasteiger partial charge in [-0.3, -0.25) is 14.2 Å². The molecule has 0 N–H and O–H groups in total. The monoisotopic (exact) mass is 445 g/mol. The van der Waals surface area contributed by atoms with E-state index in [4.69, 9.17) is 32.7 Å². The van der Waals surface area contributed by atoms with Gasteiger partial charge in [0, 0.05) is 23.1 Å². The van der Waals surface area contributed by atoms with Crippen LogP contribution in [-0.4, -0.2) is 23.6 Å². The van der Waals surface area contributed by atoms with E-state index in [1.165, 1.54) is 6.92 Å². The summed E-state index contributed by atoms with van der Waals surface area (Å²) in [4.78, 5) is 25.3. The summed E-state index contributed by atoms with van der Waals surface area (Å²) in [5.41, 5.74) is 2.49. The number of aromatic nitrogens is 1. The van der Waals surface area contributed by atoms with Gasteiger partial charge in [0.05, 0.1) is 28.7 Å². The summed E-state index contributed by atoms with van der Waals surface area (Å²) in [6, 6.07) is 8.36. The number of rotatable bonds is 4. The van der Waals surface area contributed by atoms with Crippen molar-refractivity contribution in [3.05, 3.63) is 57.2 Å². The Morgan fingerprint density at radius 2 is 1.77 bits per heavy atom. The molecule has 1 aromatic heterocycles. The third-order valence-corrected chi connectivity index (χ3v) is 6.17. The van der Waals surface area contributed by atoms with Gasteiger partial charge in [-0.15, -0.1) is 0 Å². The van der Waals surface area contributed by atoms with Gasteiger partial charge < -0.3 is 9.47 Å². The second-order valence-corrected chi connectivity index (χ2v) is 8.33. The van der Waals surface area contributed by atoms with Crippen molar-refractivity contribution in [1.29, 1.82) is 0 Å². The molecule has 0 saturated heterocycles. The van der Waals surface area contributed by atoms with E-state index in [1.807, 2.05) is 0 Å². The molecule has 1 heterocycles. The standard InChI is InChI=1S/C23H21Cl2NO4/c1-12-21(30-13(2)27)20-18(26(12)23(28)15-7-9-16(24)10-8-15)11-17(25)22(29-3)19(20)14-5-4-6-14/h7-11,14H,4-6H2,1-3H3. The fourth-order valence-corrected chi connectivity index (χ4v) is 4.47. The molecule has 30 heavy (non-hydrogen) atoms. The second-order valence-electron chi connectivity index (χ2n) is 7.48. The second kappa shape index (κ2) is 7.97. The van der Waals surface area contributed by atoms with Crippen LogP contribution >= 0.6 is 23.2 Å². The van der Waals surface area contributed by atoms with Crippen molar-refractivity contribution in [3.8, 4) is 11.5 Å². The lowest BCUT2D eigenvalue weighted by Gasteiger charge is -2.28. The Morgan fingerprint density at radius 3 is 2.30 bits per heavy atom. The Morgan fingerprint density at radius 1 is 1.10 bits per heavy atom. The van der Waals surface area contributed by atoms with Crippen molar-refractivity contribution in [2.24, 2.45) is 0 Å². The number of hydrogen-bond donors (Lipinski definition) is 0. The quantitative estimate of drug-likeness (QED) is 0.452. The van der Waals surface area contributed by atoms with Crippen molar-refractivity contribution < 1.29 is 19.1 Å². The van der Waals surface area contributed by atoms with Crippen LogP contribution in [0, 0.1) is 6.92 Å². The van der Waals surface area contributed by atoms with E-state index in [-0.39, 0.29) is 11.8 Å². The van der Waals surface area contributed by atoms with E-state index in [9.17, 15) is 9.59 Å². The van der Waals surface area contributed by atoms with Crippen LogP contribution in [-0.2, 0) is 4.79 Å². The molecule has 2 aromatic carbocycles. The third kappa shape index (κ3) is 3.36. The predicted octanol–water partition coefficient (Wildman–Crippen LogP) is 6.15. The first-order chi connectivity index (χ1) is 14.3. The number of nitrogens with zero attached hydrogens (tertiary/aromatic N) is 1. The molecule has 0 atom stereocenters. The predicted molar refractivity (Wildman–Crippen MR) is 117 cm³/mol. The number of halogens is 2. The highest BCUT2D eigenvalue weighted by Crippen LogP contribution is 2.51. The zero-order chi connectivity index (χ0) is 21.6. The summed E-state index contributed by atoms with van der Waals surface area (Å²) < 4.78 is 12.8. The zero-order valence-corrected chi connectivity index (χ0v) is 18.4. The van der Waals surface area contributed by atoms with E-state index >= 15 is 0 Å². The minimum Gasteiger partial charge on any atom is -0.495 e. The van der Waals surface area contributed by atoms with Gasteiger partial charge in [-0.25, -0.2) is 0 Å². The molecular weight excluding hydrogens is 425 g/mol. The first-order valence-electron chi connectivity index (χ1n) is 9.73. The minimum atomic E-state index is -0.454. The Bertz CT molecular complexity index is 1160. The van der Waals surface area contributed by atoms with E-state index < -0.39 is 5.97 Å². The number of methoxy groups -OCH3 is 1. The molecule has 0 unspecified atom stereocenters. The Balaban J connectivity index is 2.05. The first kappa shape index (κ1) is 20.8. The first-order valence-corrected chi connectivity index (χ1v) is 10.5. The topological polar surface area (TPSA) is 57.5 Å². The number of benzene rings is 2. The van der Waals surface area contributed by atoms with Gasteiger partial charge in [0.1, 0.15) is 5.75 Å². The Hall–Kier alpha value is -2.50. The number of carbonyl (C=O) groups excluding carboxylic acids is 2. The van der Waals surface area contributed by atoms with Crippen LogP contribution in [0.1, 0.15) is 53.7 Å². The Kier molecular flexibility index (Phi) is 5.51. The van der Waals surface area contributed by atoms with E-state index in [0.29, 0.717) is 43.7 Å². The molecule has 4 rings (SSSR count). The molecule has 7 heteroatoms. The van der Waals surface area contributed by atoms with Gasteiger partial charge in [-0.05, 0) is 56.0 Å². The van der Waals surface area contributed by atoms with Crippen LogP contribution in [0.15, 0.2) is 30.3 Å². The van der Waals surface area contributed by atoms with E-state index in [0.717, 1.165) is 24.8 Å². The van der Waals surface area contributed by atoms with Crippen LogP contribution in [0.4, 0.5) is 0 Å².